The Labute approximate surface area is 403 Å². The van der Waals surface area contributed by atoms with Gasteiger partial charge in [-0.15, -0.1) is 0 Å². The molecular formula is C45H61N11O13S. The number of aromatic nitrogens is 3. The van der Waals surface area contributed by atoms with Crippen LogP contribution in [0, 0.1) is 20.8 Å². The molecule has 1 fully saturated rings. The molecular weight excluding hydrogens is 935 g/mol. The second kappa shape index (κ2) is 25.2. The van der Waals surface area contributed by atoms with Gasteiger partial charge in [0.1, 0.15) is 11.6 Å². The van der Waals surface area contributed by atoms with Crippen molar-refractivity contribution in [1.82, 2.24) is 49.5 Å². The van der Waals surface area contributed by atoms with Crippen LogP contribution in [-0.4, -0.2) is 196 Å². The minimum absolute atomic E-state index is 0.0839. The number of H-pyrrole nitrogens is 1. The summed E-state index contributed by atoms with van der Waals surface area (Å²) >= 11 is 0. The molecule has 0 radical (unpaired) electrons. The molecule has 0 aliphatic carbocycles. The SMILES string of the molecule is Cc1cc(C)c(S(=O)(=O)N[C@@H](CNC(=O)c2cn(CCCNC(=O)CN3CCN(CC(=O)O)CCN(CC(=O)O)CCN(CC(=O)O)CC3)c3cc(CNc4ncc[nH]4)ccc3c2=O)C(=O)O)c(C)c1. The van der Waals surface area contributed by atoms with Crippen molar-refractivity contribution in [3.05, 3.63) is 87.0 Å². The Bertz CT molecular complexity index is 2640. The van der Waals surface area contributed by atoms with Crippen LogP contribution in [0.3, 0.4) is 0 Å². The van der Waals surface area contributed by atoms with Gasteiger partial charge in [0.15, 0.2) is 5.95 Å². The quantitative estimate of drug-likeness (QED) is 0.0444. The Morgan fingerprint density at radius 2 is 1.30 bits per heavy atom. The third-order valence-electron chi connectivity index (χ3n) is 11.6. The van der Waals surface area contributed by atoms with E-state index in [9.17, 15) is 62.4 Å². The number of pyridine rings is 1. The molecule has 4 aromatic rings. The third kappa shape index (κ3) is 16.2. The molecule has 1 saturated heterocycles. The average molecular weight is 996 g/mol. The summed E-state index contributed by atoms with van der Waals surface area (Å²) in [5, 5.41) is 47.1. The van der Waals surface area contributed by atoms with Crippen LogP contribution < -0.4 is 26.1 Å². The highest BCUT2D eigenvalue weighted by Gasteiger charge is 2.29. The van der Waals surface area contributed by atoms with Gasteiger partial charge in [-0.25, -0.2) is 13.4 Å². The third-order valence-corrected chi connectivity index (χ3v) is 13.3. The fourth-order valence-electron chi connectivity index (χ4n) is 8.27. The minimum Gasteiger partial charge on any atom is -0.480 e. The number of carbonyl (C=O) groups is 6. The molecule has 1 aliphatic heterocycles. The van der Waals surface area contributed by atoms with E-state index in [1.54, 1.807) is 87.7 Å². The Morgan fingerprint density at radius 3 is 1.80 bits per heavy atom. The molecule has 2 amide bonds. The van der Waals surface area contributed by atoms with Gasteiger partial charge in [0.2, 0.25) is 21.4 Å². The number of carbonyl (C=O) groups excluding carboxylic acids is 2. The van der Waals surface area contributed by atoms with Gasteiger partial charge in [0.25, 0.3) is 5.91 Å². The first-order chi connectivity index (χ1) is 33.2. The molecule has 24 nitrogen and oxygen atoms in total. The van der Waals surface area contributed by atoms with Crippen LogP contribution in [0.25, 0.3) is 10.9 Å². The maximum atomic E-state index is 13.9. The molecule has 70 heavy (non-hydrogen) atoms. The summed E-state index contributed by atoms with van der Waals surface area (Å²) in [4.78, 5) is 102. The van der Waals surface area contributed by atoms with Gasteiger partial charge in [0.05, 0.1) is 36.6 Å². The molecule has 380 valence electrons. The number of hydrogen-bond donors (Lipinski definition) is 9. The van der Waals surface area contributed by atoms with Crippen molar-refractivity contribution >= 4 is 62.6 Å². The number of aromatic amines is 1. The maximum absolute atomic E-state index is 13.9. The topological polar surface area (TPSA) is 329 Å². The van der Waals surface area contributed by atoms with E-state index in [2.05, 4.69) is 30.6 Å². The molecule has 0 unspecified atom stereocenters. The second-order valence-corrected chi connectivity index (χ2v) is 18.8. The van der Waals surface area contributed by atoms with Crippen molar-refractivity contribution < 1.29 is 57.6 Å². The molecule has 2 aromatic heterocycles. The summed E-state index contributed by atoms with van der Waals surface area (Å²) < 4.78 is 30.7. The smallest absolute Gasteiger partial charge is 0.323 e. The Kier molecular flexibility index (Phi) is 19.5. The number of rotatable bonds is 22. The summed E-state index contributed by atoms with van der Waals surface area (Å²) in [7, 11) is -4.37. The van der Waals surface area contributed by atoms with E-state index in [4.69, 9.17) is 0 Å². The van der Waals surface area contributed by atoms with E-state index in [-0.39, 0.29) is 113 Å². The second-order valence-electron chi connectivity index (χ2n) is 17.1. The lowest BCUT2D eigenvalue weighted by molar-refractivity contribution is -0.140. The number of fused-ring (bicyclic) bond motifs is 1. The number of anilines is 1. The number of aryl methyl sites for hydroxylation is 4. The van der Waals surface area contributed by atoms with E-state index in [1.165, 1.54) is 6.20 Å². The fourth-order valence-corrected chi connectivity index (χ4v) is 9.91. The molecule has 0 spiro atoms. The van der Waals surface area contributed by atoms with Crippen LogP contribution in [-0.2, 0) is 47.1 Å². The number of carboxylic acids is 4. The van der Waals surface area contributed by atoms with E-state index in [1.807, 2.05) is 0 Å². The molecule has 1 aliphatic rings. The lowest BCUT2D eigenvalue weighted by Gasteiger charge is -2.32. The van der Waals surface area contributed by atoms with E-state index in [0.29, 0.717) is 35.6 Å². The summed E-state index contributed by atoms with van der Waals surface area (Å²) in [5.74, 6) is -5.58. The first kappa shape index (κ1) is 54.2. The molecule has 0 saturated carbocycles. The van der Waals surface area contributed by atoms with E-state index >= 15 is 0 Å². The number of imidazole rings is 1. The lowest BCUT2D eigenvalue weighted by atomic mass is 10.1. The minimum atomic E-state index is -4.37. The number of hydrogen-bond acceptors (Lipinski definition) is 15. The summed E-state index contributed by atoms with van der Waals surface area (Å²) in [6, 6.07) is 6.53. The maximum Gasteiger partial charge on any atom is 0.323 e. The van der Waals surface area contributed by atoms with Gasteiger partial charge in [-0.2, -0.15) is 4.72 Å². The predicted molar refractivity (Wildman–Crippen MR) is 255 cm³/mol. The average Bonchev–Trinajstić information content (AvgIpc) is 3.80. The first-order valence-corrected chi connectivity index (χ1v) is 24.0. The van der Waals surface area contributed by atoms with Crippen LogP contribution in [0.1, 0.15) is 39.0 Å². The van der Waals surface area contributed by atoms with E-state index in [0.717, 1.165) is 11.1 Å². The summed E-state index contributed by atoms with van der Waals surface area (Å²) in [6.07, 6.45) is 4.85. The van der Waals surface area contributed by atoms with Crippen LogP contribution >= 0.6 is 0 Å². The van der Waals surface area contributed by atoms with Gasteiger partial charge in [-0.05, 0) is 56.0 Å². The molecule has 1 atom stereocenters. The van der Waals surface area contributed by atoms with Crippen molar-refractivity contribution in [3.63, 3.8) is 0 Å². The zero-order valence-corrected chi connectivity index (χ0v) is 40.1. The van der Waals surface area contributed by atoms with Crippen LogP contribution in [0.15, 0.2) is 58.6 Å². The van der Waals surface area contributed by atoms with Crippen LogP contribution in [0.2, 0.25) is 0 Å². The predicted octanol–water partition coefficient (Wildman–Crippen LogP) is -0.595. The first-order valence-electron chi connectivity index (χ1n) is 22.5. The Morgan fingerprint density at radius 1 is 0.757 bits per heavy atom. The fraction of sp³-hybridized carbons (Fsp3) is 0.467. The van der Waals surface area contributed by atoms with Crippen molar-refractivity contribution in [3.8, 4) is 0 Å². The van der Waals surface area contributed by atoms with Crippen molar-refractivity contribution in [2.24, 2.45) is 0 Å². The number of aliphatic carboxylic acids is 4. The van der Waals surface area contributed by atoms with Crippen molar-refractivity contribution in [2.45, 2.75) is 51.2 Å². The highest BCUT2D eigenvalue weighted by molar-refractivity contribution is 7.89. The normalized spacial score (nSPS) is 15.4. The molecule has 0 bridgehead atoms. The van der Waals surface area contributed by atoms with Crippen molar-refractivity contribution in [2.75, 3.05) is 96.9 Å². The molecule has 2 aromatic carbocycles. The van der Waals surface area contributed by atoms with Gasteiger partial charge >= 0.3 is 23.9 Å². The number of benzene rings is 2. The standard InChI is InChI=1S/C45H61N11O13S/c1-29-19-30(2)42(31(3)20-29)70(68,69)51-35(44(66)67)23-49-43(65)34-24-56(36-21-32(5-6-33(36)41(34)64)22-50-45-47-8-9-48-45)10-4-7-46-37(57)25-52-11-13-53(26-38(58)59)15-17-55(28-40(62)63)18-16-54(14-12-52)27-39(60)61/h5-6,8-9,19-21,24,35,51H,4,7,10-18,22-23,25-28H2,1-3H3,(H,46,57)(H,49,65)(H,58,59)(H,60,61)(H,62,63)(H,66,67)(H2,47,48,50)/t35-/m0/s1. The monoisotopic (exact) mass is 995 g/mol. The van der Waals surface area contributed by atoms with Crippen LogP contribution in [0.5, 0.6) is 0 Å². The molecule has 9 N–H and O–H groups in total. The molecule has 25 heteroatoms. The number of nitrogens with one attached hydrogen (secondary N) is 5. The van der Waals surface area contributed by atoms with Gasteiger partial charge in [-0.1, -0.05) is 23.8 Å². The van der Waals surface area contributed by atoms with Gasteiger partial charge < -0.3 is 45.9 Å². The number of carboxylic acid groups (broad SMARTS) is 4. The number of sulfonamides is 1. The van der Waals surface area contributed by atoms with E-state index < -0.39 is 57.8 Å². The summed E-state index contributed by atoms with van der Waals surface area (Å²) in [6.45, 7) is 5.73. The summed E-state index contributed by atoms with van der Waals surface area (Å²) in [5.41, 5.74) is 1.84. The Hall–Kier alpha value is -6.77. The zero-order valence-electron chi connectivity index (χ0n) is 39.3. The van der Waals surface area contributed by atoms with Gasteiger partial charge in [-0.3, -0.25) is 53.2 Å². The van der Waals surface area contributed by atoms with Gasteiger partial charge in [0, 0.05) is 103 Å². The largest absolute Gasteiger partial charge is 0.480 e. The number of nitrogens with zero attached hydrogens (tertiary/aromatic N) is 6. The highest BCUT2D eigenvalue weighted by Crippen LogP contribution is 2.22. The lowest BCUT2D eigenvalue weighted by Crippen LogP contribution is -2.49. The molecule has 5 rings (SSSR count). The molecule has 3 heterocycles. The number of amides is 2. The highest BCUT2D eigenvalue weighted by atomic mass is 32.2. The Balaban J connectivity index is 1.30. The zero-order chi connectivity index (χ0) is 51.1. The van der Waals surface area contributed by atoms with Crippen LogP contribution in [0.4, 0.5) is 5.95 Å². The van der Waals surface area contributed by atoms with Crippen molar-refractivity contribution in [1.29, 1.82) is 0 Å².